The summed E-state index contributed by atoms with van der Waals surface area (Å²) < 4.78 is 5.61. The smallest absolute Gasteiger partial charge is 0.119 e. The molecule has 2 N–H and O–H groups in total. The fourth-order valence-electron chi connectivity index (χ4n) is 1.75. The van der Waals surface area contributed by atoms with E-state index in [1.54, 1.807) is 6.07 Å². The van der Waals surface area contributed by atoms with Crippen LogP contribution in [0.4, 0.5) is 0 Å². The second kappa shape index (κ2) is 6.80. The Morgan fingerprint density at radius 1 is 1.05 bits per heavy atom. The van der Waals surface area contributed by atoms with Gasteiger partial charge in [-0.05, 0) is 36.2 Å². The quantitative estimate of drug-likeness (QED) is 0.907. The van der Waals surface area contributed by atoms with Gasteiger partial charge in [0.1, 0.15) is 12.4 Å². The third-order valence-electron chi connectivity index (χ3n) is 2.70. The zero-order chi connectivity index (χ0) is 13.7. The van der Waals surface area contributed by atoms with Crippen LogP contribution in [0.3, 0.4) is 0 Å². The van der Waals surface area contributed by atoms with E-state index < -0.39 is 0 Å². The Hall–Kier alpha value is -1.22. The van der Waals surface area contributed by atoms with E-state index >= 15 is 0 Å². The van der Waals surface area contributed by atoms with Gasteiger partial charge in [-0.1, -0.05) is 47.5 Å². The van der Waals surface area contributed by atoms with Crippen LogP contribution in [0, 0.1) is 0 Å². The van der Waals surface area contributed by atoms with Crippen molar-refractivity contribution in [3.63, 3.8) is 0 Å². The van der Waals surface area contributed by atoms with Gasteiger partial charge in [0, 0.05) is 16.1 Å². The normalized spacial score (nSPS) is 12.2. The van der Waals surface area contributed by atoms with Crippen LogP contribution in [-0.4, -0.2) is 12.6 Å². The van der Waals surface area contributed by atoms with Crippen molar-refractivity contribution in [1.82, 2.24) is 0 Å². The summed E-state index contributed by atoms with van der Waals surface area (Å²) in [6.45, 7) is 0.447. The highest BCUT2D eigenvalue weighted by Gasteiger charge is 2.08. The number of ether oxygens (including phenoxy) is 1. The topological polar surface area (TPSA) is 35.2 Å². The van der Waals surface area contributed by atoms with Crippen molar-refractivity contribution < 1.29 is 4.74 Å². The minimum absolute atomic E-state index is 0.112. The van der Waals surface area contributed by atoms with Crippen molar-refractivity contribution in [2.75, 3.05) is 6.61 Å². The van der Waals surface area contributed by atoms with Crippen molar-refractivity contribution in [1.29, 1.82) is 0 Å². The average molecular weight is 296 g/mol. The fourth-order valence-corrected chi connectivity index (χ4v) is 2.23. The zero-order valence-electron chi connectivity index (χ0n) is 10.4. The molecular formula is C15H15Cl2NO. The monoisotopic (exact) mass is 295 g/mol. The number of hydrogen-bond donors (Lipinski definition) is 1. The molecule has 0 heterocycles. The fraction of sp³-hybridized carbons (Fsp3) is 0.200. The molecule has 0 saturated carbocycles. The molecule has 0 amide bonds. The summed E-state index contributed by atoms with van der Waals surface area (Å²) in [7, 11) is 0. The summed E-state index contributed by atoms with van der Waals surface area (Å²) in [5.74, 6) is 0.820. The van der Waals surface area contributed by atoms with Gasteiger partial charge in [0.25, 0.3) is 0 Å². The van der Waals surface area contributed by atoms with E-state index in [4.69, 9.17) is 33.7 Å². The molecule has 19 heavy (non-hydrogen) atoms. The van der Waals surface area contributed by atoms with Crippen LogP contribution in [0.15, 0.2) is 48.5 Å². The summed E-state index contributed by atoms with van der Waals surface area (Å²) in [4.78, 5) is 0. The Bertz CT molecular complexity index is 531. The molecule has 0 spiro atoms. The first-order chi connectivity index (χ1) is 9.15. The maximum Gasteiger partial charge on any atom is 0.119 e. The molecule has 0 aliphatic heterocycles. The van der Waals surface area contributed by atoms with Crippen LogP contribution in [0.1, 0.15) is 5.56 Å². The molecule has 0 fully saturated rings. The van der Waals surface area contributed by atoms with Gasteiger partial charge in [-0.15, -0.1) is 0 Å². The number of hydrogen-bond acceptors (Lipinski definition) is 2. The molecule has 1 atom stereocenters. The second-order valence-corrected chi connectivity index (χ2v) is 5.17. The van der Waals surface area contributed by atoms with Crippen molar-refractivity contribution in [2.24, 2.45) is 5.73 Å². The van der Waals surface area contributed by atoms with E-state index in [1.807, 2.05) is 42.5 Å². The highest BCUT2D eigenvalue weighted by Crippen LogP contribution is 2.22. The van der Waals surface area contributed by atoms with E-state index in [0.717, 1.165) is 11.3 Å². The SMILES string of the molecule is NC(COc1ccccc1)Cc1ccc(Cl)cc1Cl. The largest absolute Gasteiger partial charge is 0.492 e. The van der Waals surface area contributed by atoms with Crippen LogP contribution >= 0.6 is 23.2 Å². The molecule has 2 aromatic rings. The lowest BCUT2D eigenvalue weighted by Gasteiger charge is -2.14. The first kappa shape index (κ1) is 14.2. The van der Waals surface area contributed by atoms with E-state index in [1.165, 1.54) is 0 Å². The van der Waals surface area contributed by atoms with Crippen molar-refractivity contribution in [2.45, 2.75) is 12.5 Å². The highest BCUT2D eigenvalue weighted by atomic mass is 35.5. The third-order valence-corrected chi connectivity index (χ3v) is 3.29. The summed E-state index contributed by atoms with van der Waals surface area (Å²) in [5.41, 5.74) is 7.03. The van der Waals surface area contributed by atoms with E-state index in [2.05, 4.69) is 0 Å². The van der Waals surface area contributed by atoms with Crippen LogP contribution in [0.2, 0.25) is 10.0 Å². The van der Waals surface area contributed by atoms with Crippen molar-refractivity contribution >= 4 is 23.2 Å². The number of rotatable bonds is 5. The molecule has 100 valence electrons. The lowest BCUT2D eigenvalue weighted by atomic mass is 10.1. The molecule has 4 heteroatoms. The molecule has 2 rings (SSSR count). The van der Waals surface area contributed by atoms with Gasteiger partial charge in [-0.2, -0.15) is 0 Å². The summed E-state index contributed by atoms with van der Waals surface area (Å²) >= 11 is 12.0. The van der Waals surface area contributed by atoms with Crippen LogP contribution in [-0.2, 0) is 6.42 Å². The molecule has 1 unspecified atom stereocenters. The molecule has 0 radical (unpaired) electrons. The zero-order valence-corrected chi connectivity index (χ0v) is 11.9. The summed E-state index contributed by atoms with van der Waals surface area (Å²) in [5, 5.41) is 1.27. The number of nitrogens with two attached hydrogens (primary N) is 1. The second-order valence-electron chi connectivity index (χ2n) is 4.32. The van der Waals surface area contributed by atoms with Crippen LogP contribution < -0.4 is 10.5 Å². The Labute approximate surface area is 123 Å². The Morgan fingerprint density at radius 3 is 2.47 bits per heavy atom. The van der Waals surface area contributed by atoms with E-state index in [-0.39, 0.29) is 6.04 Å². The van der Waals surface area contributed by atoms with E-state index in [0.29, 0.717) is 23.1 Å². The van der Waals surface area contributed by atoms with Gasteiger partial charge >= 0.3 is 0 Å². The highest BCUT2D eigenvalue weighted by molar-refractivity contribution is 6.35. The molecule has 0 aliphatic rings. The average Bonchev–Trinajstić information content (AvgIpc) is 2.41. The van der Waals surface area contributed by atoms with Gasteiger partial charge in [0.2, 0.25) is 0 Å². The number of benzene rings is 2. The Morgan fingerprint density at radius 2 is 1.79 bits per heavy atom. The summed E-state index contributed by atoms with van der Waals surface area (Å²) in [6.07, 6.45) is 0.656. The molecule has 0 bridgehead atoms. The van der Waals surface area contributed by atoms with Gasteiger partial charge in [-0.3, -0.25) is 0 Å². The maximum absolute atomic E-state index is 6.11. The van der Waals surface area contributed by atoms with E-state index in [9.17, 15) is 0 Å². The third kappa shape index (κ3) is 4.43. The van der Waals surface area contributed by atoms with Gasteiger partial charge in [-0.25, -0.2) is 0 Å². The Kier molecular flexibility index (Phi) is 5.08. The molecular weight excluding hydrogens is 281 g/mol. The van der Waals surface area contributed by atoms with Crippen LogP contribution in [0.5, 0.6) is 5.75 Å². The standard InChI is InChI=1S/C15H15Cl2NO/c16-12-7-6-11(15(17)9-12)8-13(18)10-19-14-4-2-1-3-5-14/h1-7,9,13H,8,10,18H2. The van der Waals surface area contributed by atoms with Crippen molar-refractivity contribution in [3.05, 3.63) is 64.1 Å². The molecule has 0 aliphatic carbocycles. The van der Waals surface area contributed by atoms with Crippen molar-refractivity contribution in [3.8, 4) is 5.75 Å². The molecule has 2 nitrogen and oxygen atoms in total. The predicted octanol–water partition coefficient (Wildman–Crippen LogP) is 3.94. The molecule has 0 saturated heterocycles. The minimum atomic E-state index is -0.112. The summed E-state index contributed by atoms with van der Waals surface area (Å²) in [6, 6.07) is 14.9. The number of para-hydroxylation sites is 1. The van der Waals surface area contributed by atoms with Gasteiger partial charge in [0.05, 0.1) is 0 Å². The minimum Gasteiger partial charge on any atom is -0.492 e. The first-order valence-electron chi connectivity index (χ1n) is 6.02. The van der Waals surface area contributed by atoms with Crippen LogP contribution in [0.25, 0.3) is 0 Å². The molecule has 0 aromatic heterocycles. The number of halogens is 2. The first-order valence-corrected chi connectivity index (χ1v) is 6.78. The molecule has 2 aromatic carbocycles. The Balaban J connectivity index is 1.89. The van der Waals surface area contributed by atoms with Gasteiger partial charge in [0.15, 0.2) is 0 Å². The van der Waals surface area contributed by atoms with Gasteiger partial charge < -0.3 is 10.5 Å². The maximum atomic E-state index is 6.11. The lowest BCUT2D eigenvalue weighted by molar-refractivity contribution is 0.287. The lowest BCUT2D eigenvalue weighted by Crippen LogP contribution is -2.30. The predicted molar refractivity (Wildman–Crippen MR) is 80.1 cm³/mol.